The number of fused-ring (bicyclic) bond motifs is 5. The summed E-state index contributed by atoms with van der Waals surface area (Å²) in [7, 11) is 0. The molecule has 2 N–H and O–H groups in total. The lowest BCUT2D eigenvalue weighted by molar-refractivity contribution is -0.127. The molecule has 8 atom stereocenters. The van der Waals surface area contributed by atoms with Gasteiger partial charge in [-0.2, -0.15) is 0 Å². The van der Waals surface area contributed by atoms with Crippen molar-refractivity contribution < 1.29 is 10.2 Å². The van der Waals surface area contributed by atoms with E-state index in [2.05, 4.69) is 13.8 Å². The zero-order valence-electron chi connectivity index (χ0n) is 19.1. The summed E-state index contributed by atoms with van der Waals surface area (Å²) in [5.74, 6) is 4.53. The van der Waals surface area contributed by atoms with Gasteiger partial charge in [-0.15, -0.1) is 0 Å². The van der Waals surface area contributed by atoms with Crippen molar-refractivity contribution in [2.24, 2.45) is 40.4 Å². The molecule has 0 aromatic rings. The number of rotatable bonds is 5. The molecule has 28 heavy (non-hydrogen) atoms. The SMILES string of the molecule is CC(C)(O)CCCC[C@H]1CC[C@H]2[C@@H]3CC[C@H]4C[C@@H](O)CC[C@]4(C)[C@H]3CC[C@]12C. The van der Waals surface area contributed by atoms with Gasteiger partial charge in [0.15, 0.2) is 0 Å². The predicted octanol–water partition coefficient (Wildman–Crippen LogP) is 6.34. The maximum absolute atomic E-state index is 10.2. The van der Waals surface area contributed by atoms with Crippen molar-refractivity contribution >= 4 is 0 Å². The maximum atomic E-state index is 10.2. The zero-order valence-corrected chi connectivity index (χ0v) is 19.1. The van der Waals surface area contributed by atoms with E-state index in [1.807, 2.05) is 13.8 Å². The fourth-order valence-electron chi connectivity index (χ4n) is 8.77. The highest BCUT2D eigenvalue weighted by Gasteiger charge is 2.59. The molecule has 0 radical (unpaired) electrons. The quantitative estimate of drug-likeness (QED) is 0.538. The van der Waals surface area contributed by atoms with Crippen LogP contribution in [0.15, 0.2) is 0 Å². The predicted molar refractivity (Wildman–Crippen MR) is 116 cm³/mol. The highest BCUT2D eigenvalue weighted by molar-refractivity contribution is 5.09. The van der Waals surface area contributed by atoms with Crippen LogP contribution in [0.2, 0.25) is 0 Å². The van der Waals surface area contributed by atoms with Gasteiger partial charge in [-0.1, -0.05) is 26.7 Å². The Balaban J connectivity index is 1.41. The minimum atomic E-state index is -0.498. The number of hydrogen-bond acceptors (Lipinski definition) is 2. The van der Waals surface area contributed by atoms with Crippen LogP contribution >= 0.6 is 0 Å². The monoisotopic (exact) mass is 390 g/mol. The lowest BCUT2D eigenvalue weighted by atomic mass is 9.44. The van der Waals surface area contributed by atoms with E-state index >= 15 is 0 Å². The summed E-state index contributed by atoms with van der Waals surface area (Å²) in [6.07, 6.45) is 16.8. The lowest BCUT2D eigenvalue weighted by Gasteiger charge is -2.61. The molecule has 0 aliphatic heterocycles. The molecule has 162 valence electrons. The minimum absolute atomic E-state index is 0.0248. The summed E-state index contributed by atoms with van der Waals surface area (Å²) < 4.78 is 0. The van der Waals surface area contributed by atoms with Crippen LogP contribution in [0.4, 0.5) is 0 Å². The Morgan fingerprint density at radius 3 is 2.32 bits per heavy atom. The Morgan fingerprint density at radius 2 is 1.57 bits per heavy atom. The molecule has 0 spiro atoms. The zero-order chi connectivity index (χ0) is 20.2. The number of aliphatic hydroxyl groups is 2. The molecule has 0 unspecified atom stereocenters. The summed E-state index contributed by atoms with van der Waals surface area (Å²) in [6.45, 7) is 9.15. The summed E-state index contributed by atoms with van der Waals surface area (Å²) in [5.41, 5.74) is 0.587. The van der Waals surface area contributed by atoms with E-state index in [4.69, 9.17) is 0 Å². The molecule has 2 nitrogen and oxygen atoms in total. The first-order valence-corrected chi connectivity index (χ1v) is 12.5. The Bertz CT molecular complexity index is 551. The molecular weight excluding hydrogens is 344 g/mol. The molecule has 0 aromatic heterocycles. The van der Waals surface area contributed by atoms with Gasteiger partial charge in [-0.25, -0.2) is 0 Å². The van der Waals surface area contributed by atoms with Crippen molar-refractivity contribution in [2.75, 3.05) is 0 Å². The molecule has 4 rings (SSSR count). The van der Waals surface area contributed by atoms with Crippen molar-refractivity contribution in [3.8, 4) is 0 Å². The molecule has 2 heteroatoms. The molecular formula is C26H46O2. The number of hydrogen-bond donors (Lipinski definition) is 2. The average Bonchev–Trinajstić information content (AvgIpc) is 2.95. The summed E-state index contributed by atoms with van der Waals surface area (Å²) >= 11 is 0. The molecule has 0 bridgehead atoms. The summed E-state index contributed by atoms with van der Waals surface area (Å²) in [5, 5.41) is 20.2. The van der Waals surface area contributed by atoms with E-state index in [-0.39, 0.29) is 6.10 Å². The molecule has 4 aliphatic rings. The summed E-state index contributed by atoms with van der Waals surface area (Å²) in [4.78, 5) is 0. The Hall–Kier alpha value is -0.0800. The van der Waals surface area contributed by atoms with Crippen LogP contribution in [0.5, 0.6) is 0 Å². The molecule has 0 heterocycles. The van der Waals surface area contributed by atoms with Gasteiger partial charge in [-0.05, 0) is 125 Å². The molecule has 0 saturated heterocycles. The third kappa shape index (κ3) is 3.70. The van der Waals surface area contributed by atoms with E-state index in [9.17, 15) is 10.2 Å². The molecule has 4 fully saturated rings. The topological polar surface area (TPSA) is 40.5 Å². The fraction of sp³-hybridized carbons (Fsp3) is 1.00. The van der Waals surface area contributed by atoms with Crippen LogP contribution in [-0.2, 0) is 0 Å². The van der Waals surface area contributed by atoms with E-state index < -0.39 is 5.60 Å². The van der Waals surface area contributed by atoms with Crippen LogP contribution in [0.25, 0.3) is 0 Å². The second-order valence-electron chi connectivity index (χ2n) is 12.5. The third-order valence-electron chi connectivity index (χ3n) is 10.4. The Kier molecular flexibility index (Phi) is 5.71. The molecule has 4 aliphatic carbocycles. The maximum Gasteiger partial charge on any atom is 0.0591 e. The first-order valence-electron chi connectivity index (χ1n) is 12.5. The Labute approximate surface area is 173 Å². The molecule has 0 aromatic carbocycles. The summed E-state index contributed by atoms with van der Waals surface area (Å²) in [6, 6.07) is 0. The highest BCUT2D eigenvalue weighted by Crippen LogP contribution is 2.67. The van der Waals surface area contributed by atoms with Gasteiger partial charge >= 0.3 is 0 Å². The largest absolute Gasteiger partial charge is 0.393 e. The van der Waals surface area contributed by atoms with Crippen molar-refractivity contribution in [2.45, 2.75) is 123 Å². The van der Waals surface area contributed by atoms with E-state index in [0.29, 0.717) is 10.8 Å². The van der Waals surface area contributed by atoms with Gasteiger partial charge in [0, 0.05) is 0 Å². The van der Waals surface area contributed by atoms with Crippen molar-refractivity contribution in [1.82, 2.24) is 0 Å². The van der Waals surface area contributed by atoms with Gasteiger partial charge in [0.25, 0.3) is 0 Å². The van der Waals surface area contributed by atoms with Crippen LogP contribution in [0.1, 0.15) is 111 Å². The van der Waals surface area contributed by atoms with Crippen LogP contribution < -0.4 is 0 Å². The van der Waals surface area contributed by atoms with Gasteiger partial charge in [0.05, 0.1) is 11.7 Å². The van der Waals surface area contributed by atoms with Crippen molar-refractivity contribution in [1.29, 1.82) is 0 Å². The second-order valence-corrected chi connectivity index (χ2v) is 12.5. The van der Waals surface area contributed by atoms with Gasteiger partial charge < -0.3 is 10.2 Å². The third-order valence-corrected chi connectivity index (χ3v) is 10.4. The van der Waals surface area contributed by atoms with E-state index in [1.165, 1.54) is 64.2 Å². The Morgan fingerprint density at radius 1 is 0.857 bits per heavy atom. The molecule has 0 amide bonds. The standard InChI is InChI=1S/C26H46O2/c1-24(2,28)14-6-5-7-18-9-11-22-21-10-8-19-17-20(27)12-15-26(19,4)23(21)13-16-25(18,22)3/h18-23,27-28H,5-17H2,1-4H3/t18-,19-,20-,21-,22-,23-,25+,26-/m0/s1. The smallest absolute Gasteiger partial charge is 0.0591 e. The van der Waals surface area contributed by atoms with Gasteiger partial charge in [0.1, 0.15) is 0 Å². The lowest BCUT2D eigenvalue weighted by Crippen LogP contribution is -2.53. The van der Waals surface area contributed by atoms with E-state index in [0.717, 1.165) is 48.9 Å². The number of aliphatic hydroxyl groups excluding tert-OH is 1. The highest BCUT2D eigenvalue weighted by atomic mass is 16.3. The van der Waals surface area contributed by atoms with Gasteiger partial charge in [0.2, 0.25) is 0 Å². The van der Waals surface area contributed by atoms with E-state index in [1.54, 1.807) is 0 Å². The first kappa shape index (κ1) is 21.2. The van der Waals surface area contributed by atoms with Crippen molar-refractivity contribution in [3.63, 3.8) is 0 Å². The first-order chi connectivity index (χ1) is 13.1. The van der Waals surface area contributed by atoms with Crippen molar-refractivity contribution in [3.05, 3.63) is 0 Å². The molecule has 4 saturated carbocycles. The van der Waals surface area contributed by atoms with Gasteiger partial charge in [-0.3, -0.25) is 0 Å². The van der Waals surface area contributed by atoms with Crippen LogP contribution in [0, 0.1) is 40.4 Å². The second kappa shape index (κ2) is 7.56. The number of unbranched alkanes of at least 4 members (excludes halogenated alkanes) is 1. The van der Waals surface area contributed by atoms with Crippen LogP contribution in [-0.4, -0.2) is 21.9 Å². The fourth-order valence-corrected chi connectivity index (χ4v) is 8.77. The average molecular weight is 391 g/mol. The minimum Gasteiger partial charge on any atom is -0.393 e. The van der Waals surface area contributed by atoms with Crippen LogP contribution in [0.3, 0.4) is 0 Å². The normalized spacial score (nSPS) is 48.6.